The van der Waals surface area contributed by atoms with Crippen LogP contribution in [0, 0.1) is 0 Å². The van der Waals surface area contributed by atoms with Gasteiger partial charge in [-0.05, 0) is 42.0 Å². The Hall–Kier alpha value is -1.71. The summed E-state index contributed by atoms with van der Waals surface area (Å²) in [5.41, 5.74) is 1.87. The average molecular weight is 278 g/mol. The topological polar surface area (TPSA) is 41.5 Å². The highest BCUT2D eigenvalue weighted by molar-refractivity contribution is 6.30. The number of aliphatic hydroxyl groups is 1. The van der Waals surface area contributed by atoms with E-state index >= 15 is 0 Å². The van der Waals surface area contributed by atoms with E-state index < -0.39 is 0 Å². The number of hydrogen-bond donors (Lipinski definition) is 2. The molecule has 4 heteroatoms. The minimum absolute atomic E-state index is 0.00757. The van der Waals surface area contributed by atoms with Crippen molar-refractivity contribution in [2.45, 2.75) is 6.04 Å². The first-order chi connectivity index (χ1) is 9.22. The van der Waals surface area contributed by atoms with Crippen LogP contribution in [-0.4, -0.2) is 18.8 Å². The van der Waals surface area contributed by atoms with Gasteiger partial charge in [-0.3, -0.25) is 0 Å². The predicted molar refractivity (Wildman–Crippen MR) is 77.9 cm³/mol. The first-order valence-electron chi connectivity index (χ1n) is 6.00. The Balaban J connectivity index is 2.14. The van der Waals surface area contributed by atoms with E-state index in [9.17, 15) is 5.11 Å². The van der Waals surface area contributed by atoms with Crippen LogP contribution in [0.1, 0.15) is 11.6 Å². The molecule has 0 aliphatic carbocycles. The Bertz CT molecular complexity index is 528. The van der Waals surface area contributed by atoms with E-state index in [1.807, 2.05) is 48.5 Å². The molecule has 0 aliphatic heterocycles. The quantitative estimate of drug-likeness (QED) is 0.879. The number of nitrogens with one attached hydrogen (secondary N) is 1. The van der Waals surface area contributed by atoms with Gasteiger partial charge in [0.05, 0.1) is 19.8 Å². The molecule has 2 rings (SSSR count). The maximum atomic E-state index is 9.50. The SMILES string of the molecule is COc1ccc(NC(CO)c2cccc(Cl)c2)cc1. The molecule has 0 saturated carbocycles. The van der Waals surface area contributed by atoms with Gasteiger partial charge >= 0.3 is 0 Å². The average Bonchev–Trinajstić information content (AvgIpc) is 2.45. The number of hydrogen-bond acceptors (Lipinski definition) is 3. The molecule has 1 atom stereocenters. The first kappa shape index (κ1) is 13.7. The largest absolute Gasteiger partial charge is 0.497 e. The number of rotatable bonds is 5. The fourth-order valence-electron chi connectivity index (χ4n) is 1.85. The molecule has 2 N–H and O–H groups in total. The summed E-state index contributed by atoms with van der Waals surface area (Å²) in [7, 11) is 1.63. The van der Waals surface area contributed by atoms with Crippen LogP contribution in [0.2, 0.25) is 5.02 Å². The normalized spacial score (nSPS) is 11.9. The molecule has 0 heterocycles. The van der Waals surface area contributed by atoms with Gasteiger partial charge in [-0.25, -0.2) is 0 Å². The maximum Gasteiger partial charge on any atom is 0.119 e. The molecule has 1 unspecified atom stereocenters. The third-order valence-corrected chi connectivity index (χ3v) is 3.10. The van der Waals surface area contributed by atoms with Crippen molar-refractivity contribution in [3.63, 3.8) is 0 Å². The summed E-state index contributed by atoms with van der Waals surface area (Å²) < 4.78 is 5.11. The van der Waals surface area contributed by atoms with Crippen LogP contribution in [0.25, 0.3) is 0 Å². The van der Waals surface area contributed by atoms with Crippen LogP contribution in [0.5, 0.6) is 5.75 Å². The van der Waals surface area contributed by atoms with Gasteiger partial charge in [0.25, 0.3) is 0 Å². The Morgan fingerprint density at radius 3 is 2.53 bits per heavy atom. The molecule has 0 amide bonds. The van der Waals surface area contributed by atoms with E-state index in [2.05, 4.69) is 5.32 Å². The first-order valence-corrected chi connectivity index (χ1v) is 6.37. The van der Waals surface area contributed by atoms with Gasteiger partial charge in [0, 0.05) is 10.7 Å². The fourth-order valence-corrected chi connectivity index (χ4v) is 2.04. The summed E-state index contributed by atoms with van der Waals surface area (Å²) in [5.74, 6) is 0.800. The Labute approximate surface area is 117 Å². The molecule has 0 radical (unpaired) electrons. The molecule has 0 aromatic heterocycles. The van der Waals surface area contributed by atoms with Crippen LogP contribution in [0.3, 0.4) is 0 Å². The Kier molecular flexibility index (Phi) is 4.66. The second kappa shape index (κ2) is 6.45. The van der Waals surface area contributed by atoms with Gasteiger partial charge in [-0.1, -0.05) is 23.7 Å². The smallest absolute Gasteiger partial charge is 0.119 e. The molecule has 0 fully saturated rings. The molecule has 0 saturated heterocycles. The molecule has 0 bridgehead atoms. The van der Waals surface area contributed by atoms with Crippen molar-refractivity contribution in [1.29, 1.82) is 0 Å². The summed E-state index contributed by atoms with van der Waals surface area (Å²) in [6, 6.07) is 14.8. The summed E-state index contributed by atoms with van der Waals surface area (Å²) in [4.78, 5) is 0. The third kappa shape index (κ3) is 3.63. The van der Waals surface area contributed by atoms with Gasteiger partial charge in [0.2, 0.25) is 0 Å². The van der Waals surface area contributed by atoms with Crippen LogP contribution in [0.4, 0.5) is 5.69 Å². The van der Waals surface area contributed by atoms with E-state index in [0.29, 0.717) is 5.02 Å². The van der Waals surface area contributed by atoms with Crippen LogP contribution >= 0.6 is 11.6 Å². The molecule has 2 aromatic carbocycles. The molecule has 0 spiro atoms. The summed E-state index contributed by atoms with van der Waals surface area (Å²) in [6.45, 7) is -0.00757. The lowest BCUT2D eigenvalue weighted by Crippen LogP contribution is -2.14. The lowest BCUT2D eigenvalue weighted by molar-refractivity contribution is 0.276. The Morgan fingerprint density at radius 1 is 1.21 bits per heavy atom. The van der Waals surface area contributed by atoms with Gasteiger partial charge < -0.3 is 15.2 Å². The number of ether oxygens (including phenoxy) is 1. The van der Waals surface area contributed by atoms with Gasteiger partial charge in [0.15, 0.2) is 0 Å². The molecule has 2 aromatic rings. The van der Waals surface area contributed by atoms with Crippen LogP contribution in [0.15, 0.2) is 48.5 Å². The fraction of sp³-hybridized carbons (Fsp3) is 0.200. The molecular formula is C15H16ClNO2. The van der Waals surface area contributed by atoms with Crippen molar-refractivity contribution in [2.75, 3.05) is 19.0 Å². The molecule has 100 valence electrons. The van der Waals surface area contributed by atoms with Crippen molar-refractivity contribution < 1.29 is 9.84 Å². The lowest BCUT2D eigenvalue weighted by atomic mass is 10.1. The zero-order valence-electron chi connectivity index (χ0n) is 10.6. The highest BCUT2D eigenvalue weighted by Crippen LogP contribution is 2.23. The highest BCUT2D eigenvalue weighted by Gasteiger charge is 2.10. The molecule has 19 heavy (non-hydrogen) atoms. The Morgan fingerprint density at radius 2 is 1.95 bits per heavy atom. The second-order valence-electron chi connectivity index (χ2n) is 4.16. The number of anilines is 1. The van der Waals surface area contributed by atoms with Crippen LogP contribution in [-0.2, 0) is 0 Å². The van der Waals surface area contributed by atoms with Gasteiger partial charge in [-0.15, -0.1) is 0 Å². The summed E-state index contributed by atoms with van der Waals surface area (Å²) in [5, 5.41) is 13.4. The molecular weight excluding hydrogens is 262 g/mol. The van der Waals surface area contributed by atoms with Crippen LogP contribution < -0.4 is 10.1 Å². The summed E-state index contributed by atoms with van der Waals surface area (Å²) >= 11 is 5.96. The van der Waals surface area contributed by atoms with E-state index in [1.54, 1.807) is 7.11 Å². The van der Waals surface area contributed by atoms with Crippen molar-refractivity contribution in [3.8, 4) is 5.75 Å². The zero-order chi connectivity index (χ0) is 13.7. The standard InChI is InChI=1S/C15H16ClNO2/c1-19-14-7-5-13(6-8-14)17-15(10-18)11-3-2-4-12(16)9-11/h2-9,15,17-18H,10H2,1H3. The highest BCUT2D eigenvalue weighted by atomic mass is 35.5. The number of halogens is 1. The van der Waals surface area contributed by atoms with Gasteiger partial charge in [-0.2, -0.15) is 0 Å². The minimum Gasteiger partial charge on any atom is -0.497 e. The van der Waals surface area contributed by atoms with E-state index in [-0.39, 0.29) is 12.6 Å². The maximum absolute atomic E-state index is 9.50. The predicted octanol–water partition coefficient (Wildman–Crippen LogP) is 3.49. The molecule has 3 nitrogen and oxygen atoms in total. The monoisotopic (exact) mass is 277 g/mol. The lowest BCUT2D eigenvalue weighted by Gasteiger charge is -2.18. The zero-order valence-corrected chi connectivity index (χ0v) is 11.4. The van der Waals surface area contributed by atoms with E-state index in [0.717, 1.165) is 17.0 Å². The van der Waals surface area contributed by atoms with Crippen molar-refractivity contribution in [1.82, 2.24) is 0 Å². The number of aliphatic hydroxyl groups excluding tert-OH is 1. The number of methoxy groups -OCH3 is 1. The minimum atomic E-state index is -0.188. The summed E-state index contributed by atoms with van der Waals surface area (Å²) in [6.07, 6.45) is 0. The third-order valence-electron chi connectivity index (χ3n) is 2.86. The van der Waals surface area contributed by atoms with E-state index in [1.165, 1.54) is 0 Å². The second-order valence-corrected chi connectivity index (χ2v) is 4.60. The van der Waals surface area contributed by atoms with E-state index in [4.69, 9.17) is 16.3 Å². The van der Waals surface area contributed by atoms with Crippen molar-refractivity contribution >= 4 is 17.3 Å². The van der Waals surface area contributed by atoms with Gasteiger partial charge in [0.1, 0.15) is 5.75 Å². The number of benzene rings is 2. The van der Waals surface area contributed by atoms with Crippen molar-refractivity contribution in [3.05, 3.63) is 59.1 Å². The van der Waals surface area contributed by atoms with Crippen molar-refractivity contribution in [2.24, 2.45) is 0 Å². The molecule has 0 aliphatic rings.